The van der Waals surface area contributed by atoms with Crippen LogP contribution in [0.15, 0.2) is 78.9 Å². The average Bonchev–Trinajstić information content (AvgIpc) is 2.98. The number of carbonyl (C=O) groups excluding carboxylic acids is 4. The van der Waals surface area contributed by atoms with Gasteiger partial charge in [0.05, 0.1) is 6.07 Å². The molecule has 0 saturated carbocycles. The number of benzene rings is 3. The molecule has 49 heavy (non-hydrogen) atoms. The van der Waals surface area contributed by atoms with Crippen LogP contribution in [0, 0.1) is 25.2 Å². The third kappa shape index (κ3) is 12.4. The Hall–Kier alpha value is -5.17. The molecule has 3 aromatic rings. The highest BCUT2D eigenvalue weighted by molar-refractivity contribution is 5.94. The Morgan fingerprint density at radius 1 is 0.735 bits per heavy atom. The first kappa shape index (κ1) is 38.3. The molecule has 10 nitrogen and oxygen atoms in total. The van der Waals surface area contributed by atoms with Crippen molar-refractivity contribution in [3.63, 3.8) is 0 Å². The quantitative estimate of drug-likeness (QED) is 0.181. The minimum absolute atomic E-state index is 0.0660. The van der Waals surface area contributed by atoms with E-state index in [-0.39, 0.29) is 12.8 Å². The fraction of sp³-hybridized carbons (Fsp3) is 0.410. The van der Waals surface area contributed by atoms with Gasteiger partial charge < -0.3 is 25.0 Å². The molecular weight excluding hydrogens is 620 g/mol. The molecule has 3 amide bonds. The summed E-state index contributed by atoms with van der Waals surface area (Å²) in [5.41, 5.74) is 1.97. The Kier molecular flexibility index (Phi) is 13.1. The summed E-state index contributed by atoms with van der Waals surface area (Å²) in [7, 11) is 0. The number of alkyl carbamates (subject to hydrolysis) is 1. The summed E-state index contributed by atoms with van der Waals surface area (Å²) < 4.78 is 11.2. The van der Waals surface area contributed by atoms with Crippen LogP contribution in [0.4, 0.5) is 4.79 Å². The molecule has 0 aliphatic rings. The van der Waals surface area contributed by atoms with Crippen LogP contribution in [0.2, 0.25) is 0 Å². The summed E-state index contributed by atoms with van der Waals surface area (Å²) in [6.45, 7) is 13.6. The second-order valence-corrected chi connectivity index (χ2v) is 14.1. The summed E-state index contributed by atoms with van der Waals surface area (Å²) >= 11 is 0. The maximum absolute atomic E-state index is 14.6. The van der Waals surface area contributed by atoms with Crippen LogP contribution in [-0.2, 0) is 36.7 Å². The van der Waals surface area contributed by atoms with Crippen molar-refractivity contribution in [1.82, 2.24) is 15.5 Å². The maximum atomic E-state index is 14.6. The lowest BCUT2D eigenvalue weighted by Gasteiger charge is -2.34. The summed E-state index contributed by atoms with van der Waals surface area (Å²) in [6.07, 6.45) is -0.625. The van der Waals surface area contributed by atoms with Gasteiger partial charge in [0.2, 0.25) is 11.8 Å². The van der Waals surface area contributed by atoms with Gasteiger partial charge in [0, 0.05) is 12.8 Å². The largest absolute Gasteiger partial charge is 0.458 e. The Balaban J connectivity index is 2.11. The number of nitriles is 1. The number of carbonyl (C=O) groups is 4. The first-order valence-electron chi connectivity index (χ1n) is 16.3. The van der Waals surface area contributed by atoms with E-state index in [1.165, 1.54) is 0 Å². The molecule has 3 aromatic carbocycles. The number of hydrogen-bond acceptors (Lipinski definition) is 7. The van der Waals surface area contributed by atoms with Gasteiger partial charge >= 0.3 is 12.1 Å². The summed E-state index contributed by atoms with van der Waals surface area (Å²) in [6, 6.07) is 22.1. The van der Waals surface area contributed by atoms with Crippen LogP contribution in [0.1, 0.15) is 75.4 Å². The van der Waals surface area contributed by atoms with E-state index in [1.807, 2.05) is 86.6 Å². The molecule has 3 rings (SSSR count). The highest BCUT2D eigenvalue weighted by atomic mass is 16.6. The second-order valence-electron chi connectivity index (χ2n) is 14.1. The molecule has 3 unspecified atom stereocenters. The van der Waals surface area contributed by atoms with Gasteiger partial charge in [0.25, 0.3) is 0 Å². The number of nitrogens with zero attached hydrogens (tertiary/aromatic N) is 2. The Morgan fingerprint density at radius 3 is 1.69 bits per heavy atom. The topological polar surface area (TPSA) is 138 Å². The van der Waals surface area contributed by atoms with E-state index >= 15 is 0 Å². The fourth-order valence-electron chi connectivity index (χ4n) is 5.38. The molecule has 0 fully saturated rings. The third-order valence-electron chi connectivity index (χ3n) is 7.21. The van der Waals surface area contributed by atoms with E-state index in [2.05, 4.69) is 10.6 Å². The molecule has 0 saturated heterocycles. The van der Waals surface area contributed by atoms with E-state index in [9.17, 15) is 24.4 Å². The lowest BCUT2D eigenvalue weighted by Crippen LogP contribution is -2.55. The average molecular weight is 669 g/mol. The zero-order valence-electron chi connectivity index (χ0n) is 29.7. The van der Waals surface area contributed by atoms with Crippen molar-refractivity contribution in [2.24, 2.45) is 0 Å². The number of hydrogen-bond donors (Lipinski definition) is 2. The Labute approximate surface area is 289 Å². The van der Waals surface area contributed by atoms with Gasteiger partial charge in [-0.1, -0.05) is 90.0 Å². The zero-order valence-corrected chi connectivity index (χ0v) is 29.7. The highest BCUT2D eigenvalue weighted by Crippen LogP contribution is 2.26. The first-order valence-corrected chi connectivity index (χ1v) is 16.3. The lowest BCUT2D eigenvalue weighted by molar-refractivity contribution is -0.159. The molecule has 260 valence electrons. The van der Waals surface area contributed by atoms with E-state index in [1.54, 1.807) is 53.7 Å². The molecule has 0 spiro atoms. The van der Waals surface area contributed by atoms with Crippen molar-refractivity contribution in [1.29, 1.82) is 5.26 Å². The smallest absolute Gasteiger partial charge is 0.408 e. The molecule has 0 radical (unpaired) electrons. The molecule has 0 aromatic heterocycles. The van der Waals surface area contributed by atoms with E-state index < -0.39 is 59.7 Å². The van der Waals surface area contributed by atoms with Crippen LogP contribution in [0.5, 0.6) is 0 Å². The van der Waals surface area contributed by atoms with Crippen LogP contribution in [0.25, 0.3) is 0 Å². The van der Waals surface area contributed by atoms with Crippen molar-refractivity contribution in [2.75, 3.05) is 6.54 Å². The monoisotopic (exact) mass is 668 g/mol. The van der Waals surface area contributed by atoms with E-state index in [0.717, 1.165) is 27.2 Å². The van der Waals surface area contributed by atoms with Crippen molar-refractivity contribution < 1.29 is 28.7 Å². The van der Waals surface area contributed by atoms with Gasteiger partial charge in [-0.3, -0.25) is 9.59 Å². The predicted molar refractivity (Wildman–Crippen MR) is 187 cm³/mol. The SMILES string of the molecule is Cc1cc(C)cc(C(C(=O)NC(Cc2ccccc2)C(=O)OC(C)(C)C)N(CC#N)C(=O)C(Cc2ccccc2)NC(=O)OC(C)(C)C)c1. The molecule has 2 N–H and O–H groups in total. The first-order chi connectivity index (χ1) is 23.0. The molecule has 0 heterocycles. The Bertz CT molecular complexity index is 1620. The summed E-state index contributed by atoms with van der Waals surface area (Å²) in [5, 5.41) is 15.5. The normalized spacial score (nSPS) is 13.2. The molecule has 0 aliphatic carbocycles. The predicted octanol–water partition coefficient (Wildman–Crippen LogP) is 5.90. The third-order valence-corrected chi connectivity index (χ3v) is 7.21. The van der Waals surface area contributed by atoms with Crippen LogP contribution in [-0.4, -0.2) is 58.6 Å². The number of rotatable bonds is 12. The highest BCUT2D eigenvalue weighted by Gasteiger charge is 2.38. The summed E-state index contributed by atoms with van der Waals surface area (Å²) in [5.74, 6) is -2.00. The van der Waals surface area contributed by atoms with Crippen molar-refractivity contribution >= 4 is 23.9 Å². The molecule has 10 heteroatoms. The van der Waals surface area contributed by atoms with Crippen LogP contribution < -0.4 is 10.6 Å². The van der Waals surface area contributed by atoms with Gasteiger partial charge in [-0.25, -0.2) is 9.59 Å². The van der Waals surface area contributed by atoms with E-state index in [4.69, 9.17) is 9.47 Å². The van der Waals surface area contributed by atoms with Crippen molar-refractivity contribution in [3.8, 4) is 6.07 Å². The maximum Gasteiger partial charge on any atom is 0.408 e. The number of nitrogens with one attached hydrogen (secondary N) is 2. The number of ether oxygens (including phenoxy) is 2. The van der Waals surface area contributed by atoms with Gasteiger partial charge in [0.15, 0.2) is 0 Å². The second kappa shape index (κ2) is 16.8. The van der Waals surface area contributed by atoms with E-state index in [0.29, 0.717) is 5.56 Å². The van der Waals surface area contributed by atoms with Crippen molar-refractivity contribution in [2.45, 2.75) is 97.6 Å². The Morgan fingerprint density at radius 2 is 1.22 bits per heavy atom. The van der Waals surface area contributed by atoms with Gasteiger partial charge in [-0.05, 0) is 72.1 Å². The molecule has 3 atom stereocenters. The van der Waals surface area contributed by atoms with Gasteiger partial charge in [-0.15, -0.1) is 0 Å². The molecule has 0 aliphatic heterocycles. The van der Waals surface area contributed by atoms with Crippen molar-refractivity contribution in [3.05, 3.63) is 107 Å². The van der Waals surface area contributed by atoms with Gasteiger partial charge in [-0.2, -0.15) is 5.26 Å². The number of aryl methyl sites for hydroxylation is 2. The number of amides is 3. The number of esters is 1. The van der Waals surface area contributed by atoms with Crippen LogP contribution >= 0.6 is 0 Å². The fourth-order valence-corrected chi connectivity index (χ4v) is 5.38. The minimum atomic E-state index is -1.34. The minimum Gasteiger partial charge on any atom is -0.458 e. The molecule has 0 bridgehead atoms. The summed E-state index contributed by atoms with van der Waals surface area (Å²) in [4.78, 5) is 56.7. The standard InChI is InChI=1S/C39H48N4O6/c1-26-21-27(2)23-30(22-26)33(34(44)41-32(36(46)48-38(3,4)5)25-29-17-13-10-14-18-29)43(20-19-40)35(45)31(24-28-15-11-9-12-16-28)42-37(47)49-39(6,7)8/h9-18,21-23,31-33H,20,24-25H2,1-8H3,(H,41,44)(H,42,47). The van der Waals surface area contributed by atoms with Gasteiger partial charge in [0.1, 0.15) is 35.9 Å². The molecular formula is C39H48N4O6. The zero-order chi connectivity index (χ0) is 36.4. The lowest BCUT2D eigenvalue weighted by atomic mass is 9.96. The van der Waals surface area contributed by atoms with Crippen LogP contribution in [0.3, 0.4) is 0 Å².